The molecule has 4 rings (SSSR count). The Kier molecular flexibility index (Phi) is 7.94. The molecule has 0 saturated heterocycles. The number of sulfonamides is 1. The van der Waals surface area contributed by atoms with E-state index < -0.39 is 29.8 Å². The number of amides is 1. The first-order valence-corrected chi connectivity index (χ1v) is 14.8. The van der Waals surface area contributed by atoms with Crippen LogP contribution >= 0.6 is 30.8 Å². The Bertz CT molecular complexity index is 1610. The van der Waals surface area contributed by atoms with Gasteiger partial charge in [0.25, 0.3) is 15.9 Å². The van der Waals surface area contributed by atoms with Gasteiger partial charge in [0.2, 0.25) is 0 Å². The summed E-state index contributed by atoms with van der Waals surface area (Å²) in [7, 11) is -9.41. The van der Waals surface area contributed by atoms with Gasteiger partial charge in [-0.05, 0) is 41.3 Å². The van der Waals surface area contributed by atoms with Crippen LogP contribution in [0.15, 0.2) is 89.8 Å². The van der Waals surface area contributed by atoms with Crippen molar-refractivity contribution < 1.29 is 27.6 Å². The number of halogens is 2. The Balaban J connectivity index is 1.81. The van der Waals surface area contributed by atoms with Crippen molar-refractivity contribution in [2.75, 3.05) is 10.6 Å². The molecular weight excluding hydrogens is 558 g/mol. The summed E-state index contributed by atoms with van der Waals surface area (Å²) < 4.78 is 39.9. The van der Waals surface area contributed by atoms with Crippen LogP contribution in [-0.2, 0) is 21.1 Å². The molecule has 192 valence electrons. The topological polar surface area (TPSA) is 124 Å². The molecule has 3 N–H and O–H groups in total. The largest absolute Gasteiger partial charge is 0.348 e. The number of carbonyl (C=O) groups is 1. The molecule has 0 aromatic heterocycles. The molecule has 0 fully saturated rings. The average Bonchev–Trinajstić information content (AvgIpc) is 2.84. The predicted octanol–water partition coefficient (Wildman–Crippen LogP) is 5.41. The van der Waals surface area contributed by atoms with Crippen LogP contribution in [0.4, 0.5) is 5.69 Å². The number of hydrogen-bond acceptors (Lipinski definition) is 4. The molecule has 0 saturated carbocycles. The van der Waals surface area contributed by atoms with Gasteiger partial charge in [-0.3, -0.25) is 13.7 Å². The summed E-state index contributed by atoms with van der Waals surface area (Å²) in [5.41, 5.74) is 1.15. The Labute approximate surface area is 223 Å². The number of nitrogens with one attached hydrogen (secondary N) is 1. The molecule has 1 amide bonds. The zero-order valence-electron chi connectivity index (χ0n) is 19.1. The van der Waals surface area contributed by atoms with Crippen LogP contribution in [0.3, 0.4) is 0 Å². The maximum Gasteiger partial charge on any atom is 0.345 e. The molecule has 0 unspecified atom stereocenters. The zero-order valence-corrected chi connectivity index (χ0v) is 22.3. The van der Waals surface area contributed by atoms with E-state index in [4.69, 9.17) is 23.2 Å². The third-order valence-corrected chi connectivity index (χ3v) is 8.46. The van der Waals surface area contributed by atoms with Gasteiger partial charge in [-0.15, -0.1) is 0 Å². The number of anilines is 1. The van der Waals surface area contributed by atoms with E-state index in [2.05, 4.69) is 5.32 Å². The highest BCUT2D eigenvalue weighted by molar-refractivity contribution is 7.93. The molecule has 4 aromatic rings. The molecule has 8 nitrogen and oxygen atoms in total. The van der Waals surface area contributed by atoms with E-state index in [1.807, 2.05) is 30.3 Å². The average molecular weight is 579 g/mol. The minimum atomic E-state index is -4.88. The summed E-state index contributed by atoms with van der Waals surface area (Å²) in [5, 5.41) is 3.63. The highest BCUT2D eigenvalue weighted by Crippen LogP contribution is 2.42. The number of hydrogen-bond donors (Lipinski definition) is 3. The van der Waals surface area contributed by atoms with Crippen LogP contribution in [0.5, 0.6) is 0 Å². The monoisotopic (exact) mass is 578 g/mol. The third kappa shape index (κ3) is 6.33. The van der Waals surface area contributed by atoms with Crippen LogP contribution in [-0.4, -0.2) is 30.4 Å². The minimum absolute atomic E-state index is 0.0189. The lowest BCUT2D eigenvalue weighted by atomic mass is 10.0. The second-order valence-electron chi connectivity index (χ2n) is 8.11. The van der Waals surface area contributed by atoms with Crippen molar-refractivity contribution in [1.82, 2.24) is 5.32 Å². The normalized spacial score (nSPS) is 11.9. The Morgan fingerprint density at radius 2 is 1.49 bits per heavy atom. The fourth-order valence-electron chi connectivity index (χ4n) is 3.84. The molecule has 0 atom stereocenters. The lowest BCUT2D eigenvalue weighted by Gasteiger charge is -2.26. The van der Waals surface area contributed by atoms with E-state index in [1.54, 1.807) is 24.3 Å². The van der Waals surface area contributed by atoms with Crippen LogP contribution < -0.4 is 9.62 Å². The van der Waals surface area contributed by atoms with Crippen molar-refractivity contribution in [2.45, 2.75) is 11.4 Å². The van der Waals surface area contributed by atoms with Gasteiger partial charge in [-0.2, -0.15) is 0 Å². The van der Waals surface area contributed by atoms with Crippen molar-refractivity contribution in [2.24, 2.45) is 0 Å². The fourth-order valence-corrected chi connectivity index (χ4v) is 7.26. The maximum absolute atomic E-state index is 13.6. The maximum atomic E-state index is 13.6. The van der Waals surface area contributed by atoms with Gasteiger partial charge in [0.1, 0.15) is 6.29 Å². The van der Waals surface area contributed by atoms with Gasteiger partial charge >= 0.3 is 7.60 Å². The van der Waals surface area contributed by atoms with Crippen LogP contribution in [0.25, 0.3) is 10.8 Å². The summed E-state index contributed by atoms with van der Waals surface area (Å²) in [5.74, 6) is -0.391. The molecule has 37 heavy (non-hydrogen) atoms. The van der Waals surface area contributed by atoms with E-state index >= 15 is 0 Å². The number of benzene rings is 4. The summed E-state index contributed by atoms with van der Waals surface area (Å²) in [4.78, 5) is 32.2. The fraction of sp³-hybridized carbons (Fsp3) is 0.0800. The molecule has 0 aliphatic rings. The number of rotatable bonds is 8. The van der Waals surface area contributed by atoms with Crippen molar-refractivity contribution in [3.05, 3.63) is 106 Å². The molecular formula is C25H21Cl2N2O6PS. The Hall–Kier alpha value is -2.91. The summed E-state index contributed by atoms with van der Waals surface area (Å²) in [6, 6.07) is 22.2. The molecule has 0 bridgehead atoms. The lowest BCUT2D eigenvalue weighted by molar-refractivity contribution is 0.0952. The Morgan fingerprint density at radius 3 is 2.14 bits per heavy atom. The van der Waals surface area contributed by atoms with Gasteiger partial charge < -0.3 is 15.1 Å². The van der Waals surface area contributed by atoms with Crippen LogP contribution in [0, 0.1) is 0 Å². The molecule has 4 aromatic carbocycles. The highest BCUT2D eigenvalue weighted by atomic mass is 35.5. The smallest absolute Gasteiger partial charge is 0.345 e. The van der Waals surface area contributed by atoms with Crippen molar-refractivity contribution >= 4 is 63.2 Å². The first-order chi connectivity index (χ1) is 17.5. The van der Waals surface area contributed by atoms with Gasteiger partial charge in [0.05, 0.1) is 10.6 Å². The second kappa shape index (κ2) is 10.8. The van der Waals surface area contributed by atoms with E-state index in [9.17, 15) is 27.6 Å². The zero-order chi connectivity index (χ0) is 26.8. The van der Waals surface area contributed by atoms with Gasteiger partial charge in [0.15, 0.2) is 0 Å². The standard InChI is InChI=1S/C25H21Cl2N2O6PS/c26-18-12-19(27)14-20(13-18)37(34,35)29(16-36(31,32)33)24-11-5-8-21-22(24)9-4-10-23(21)25(30)28-15-17-6-2-1-3-7-17/h1-14H,15-16H2,(H,28,30)(H2,31,32,33). The summed E-state index contributed by atoms with van der Waals surface area (Å²) in [6.07, 6.45) is -1.14. The number of fused-ring (bicyclic) bond motifs is 1. The van der Waals surface area contributed by atoms with Gasteiger partial charge in [0, 0.05) is 27.5 Å². The Morgan fingerprint density at radius 1 is 0.865 bits per heavy atom. The van der Waals surface area contributed by atoms with Crippen molar-refractivity contribution in [3.8, 4) is 0 Å². The molecule has 0 heterocycles. The quantitative estimate of drug-likeness (QED) is 0.240. The lowest BCUT2D eigenvalue weighted by Crippen LogP contribution is -2.32. The van der Waals surface area contributed by atoms with Crippen LogP contribution in [0.2, 0.25) is 10.0 Å². The van der Waals surface area contributed by atoms with E-state index in [1.165, 1.54) is 18.2 Å². The molecule has 0 aliphatic carbocycles. The molecule has 0 aliphatic heterocycles. The number of nitrogens with zero attached hydrogens (tertiary/aromatic N) is 1. The first-order valence-electron chi connectivity index (χ1n) is 10.8. The molecule has 0 radical (unpaired) electrons. The van der Waals surface area contributed by atoms with Crippen LogP contribution in [0.1, 0.15) is 15.9 Å². The van der Waals surface area contributed by atoms with Crippen molar-refractivity contribution in [3.63, 3.8) is 0 Å². The van der Waals surface area contributed by atoms with Crippen molar-refractivity contribution in [1.29, 1.82) is 0 Å². The van der Waals surface area contributed by atoms with Gasteiger partial charge in [-0.1, -0.05) is 77.8 Å². The van der Waals surface area contributed by atoms with Gasteiger partial charge in [-0.25, -0.2) is 8.42 Å². The third-order valence-electron chi connectivity index (χ3n) is 5.45. The van der Waals surface area contributed by atoms with E-state index in [-0.39, 0.29) is 32.7 Å². The minimum Gasteiger partial charge on any atom is -0.348 e. The number of carbonyl (C=O) groups excluding carboxylic acids is 1. The highest BCUT2D eigenvalue weighted by Gasteiger charge is 2.33. The second-order valence-corrected chi connectivity index (χ2v) is 12.5. The first kappa shape index (κ1) is 27.1. The molecule has 0 spiro atoms. The summed E-state index contributed by atoms with van der Waals surface area (Å²) in [6.45, 7) is 0.282. The SMILES string of the molecule is O=C(NCc1ccccc1)c1cccc2c(N(CP(=O)(O)O)S(=O)(=O)c3cc(Cl)cc(Cl)c3)cccc12. The molecule has 12 heteroatoms. The summed E-state index contributed by atoms with van der Waals surface area (Å²) >= 11 is 12.0. The van der Waals surface area contributed by atoms with E-state index in [0.29, 0.717) is 15.1 Å². The predicted molar refractivity (Wildman–Crippen MR) is 145 cm³/mol. The van der Waals surface area contributed by atoms with E-state index in [0.717, 1.165) is 17.7 Å².